The predicted octanol–water partition coefficient (Wildman–Crippen LogP) is 4.45. The van der Waals surface area contributed by atoms with Gasteiger partial charge in [0.1, 0.15) is 5.69 Å². The summed E-state index contributed by atoms with van der Waals surface area (Å²) in [5.41, 5.74) is -0.447. The van der Waals surface area contributed by atoms with Gasteiger partial charge < -0.3 is 5.32 Å². The first-order valence-electron chi connectivity index (χ1n) is 12.3. The second kappa shape index (κ2) is 9.97. The molecule has 4 aromatic rings. The van der Waals surface area contributed by atoms with Crippen LogP contribution in [0.3, 0.4) is 0 Å². The first kappa shape index (κ1) is 25.9. The van der Waals surface area contributed by atoms with Gasteiger partial charge in [-0.3, -0.25) is 24.2 Å². The molecule has 14 heteroatoms. The second-order valence-electron chi connectivity index (χ2n) is 9.63. The first-order chi connectivity index (χ1) is 19.2. The lowest BCUT2D eigenvalue weighted by Crippen LogP contribution is -2.29. The van der Waals surface area contributed by atoms with Gasteiger partial charge in [-0.2, -0.15) is 10.2 Å². The largest absolute Gasteiger partial charge is 0.318 e. The summed E-state index contributed by atoms with van der Waals surface area (Å²) < 4.78 is 43.4. The van der Waals surface area contributed by atoms with Crippen molar-refractivity contribution in [3.63, 3.8) is 0 Å². The molecule has 1 saturated carbocycles. The average Bonchev–Trinajstić information content (AvgIpc) is 3.46. The molecule has 2 atom stereocenters. The SMILES string of the molecule is Cc1ncc(-c2c(C(F)F)ccc(Cl)c2F)nc1C(=O)Nc1cnn(Cc2ccc(N3C[C@H]4CC4C3=O)nn2)c1. The van der Waals surface area contributed by atoms with E-state index >= 15 is 0 Å². The van der Waals surface area contributed by atoms with Crippen LogP contribution in [0.4, 0.5) is 24.7 Å². The van der Waals surface area contributed by atoms with E-state index in [1.54, 1.807) is 23.2 Å². The van der Waals surface area contributed by atoms with E-state index < -0.39 is 29.3 Å². The number of halogens is 4. The minimum absolute atomic E-state index is 0.0946. The smallest absolute Gasteiger partial charge is 0.276 e. The number of anilines is 2. The number of aromatic nitrogens is 6. The van der Waals surface area contributed by atoms with Crippen LogP contribution in [0.15, 0.2) is 42.9 Å². The molecule has 2 fully saturated rings. The molecule has 1 aromatic carbocycles. The number of carbonyl (C=O) groups is 2. The number of alkyl halides is 2. The lowest BCUT2D eigenvalue weighted by molar-refractivity contribution is -0.118. The van der Waals surface area contributed by atoms with Gasteiger partial charge in [-0.15, -0.1) is 5.10 Å². The van der Waals surface area contributed by atoms with Crippen LogP contribution in [0.2, 0.25) is 5.02 Å². The Kier molecular flexibility index (Phi) is 6.45. The van der Waals surface area contributed by atoms with Gasteiger partial charge in [0.25, 0.3) is 12.3 Å². The molecule has 40 heavy (non-hydrogen) atoms. The van der Waals surface area contributed by atoms with Crippen LogP contribution in [-0.2, 0) is 11.3 Å². The van der Waals surface area contributed by atoms with E-state index in [2.05, 4.69) is 30.6 Å². The molecule has 0 spiro atoms. The Morgan fingerprint density at radius 2 is 2.02 bits per heavy atom. The van der Waals surface area contributed by atoms with Crippen molar-refractivity contribution in [1.82, 2.24) is 29.9 Å². The van der Waals surface area contributed by atoms with Crippen LogP contribution < -0.4 is 10.2 Å². The molecular weight excluding hydrogens is 549 g/mol. The highest BCUT2D eigenvalue weighted by atomic mass is 35.5. The summed E-state index contributed by atoms with van der Waals surface area (Å²) >= 11 is 5.81. The number of piperidine rings is 1. The first-order valence-corrected chi connectivity index (χ1v) is 12.6. The second-order valence-corrected chi connectivity index (χ2v) is 10.0. The average molecular weight is 569 g/mol. The Balaban J connectivity index is 1.16. The van der Waals surface area contributed by atoms with E-state index in [-0.39, 0.29) is 40.5 Å². The minimum Gasteiger partial charge on any atom is -0.318 e. The summed E-state index contributed by atoms with van der Waals surface area (Å²) in [6.07, 6.45) is 2.04. The highest BCUT2D eigenvalue weighted by Gasteiger charge is 2.52. The van der Waals surface area contributed by atoms with Crippen molar-refractivity contribution in [2.45, 2.75) is 26.3 Å². The molecule has 1 saturated heterocycles. The molecule has 1 N–H and O–H groups in total. The third-order valence-electron chi connectivity index (χ3n) is 6.91. The van der Waals surface area contributed by atoms with Crippen molar-refractivity contribution < 1.29 is 22.8 Å². The van der Waals surface area contributed by atoms with Crippen molar-refractivity contribution in [2.75, 3.05) is 16.8 Å². The van der Waals surface area contributed by atoms with E-state index in [0.29, 0.717) is 29.7 Å². The maximum absolute atomic E-state index is 14.7. The molecule has 204 valence electrons. The monoisotopic (exact) mass is 568 g/mol. The van der Waals surface area contributed by atoms with Gasteiger partial charge in [0.2, 0.25) is 5.91 Å². The molecule has 3 aromatic heterocycles. The zero-order valence-corrected chi connectivity index (χ0v) is 21.6. The van der Waals surface area contributed by atoms with E-state index in [0.717, 1.165) is 24.8 Å². The van der Waals surface area contributed by atoms with Crippen LogP contribution >= 0.6 is 11.6 Å². The summed E-state index contributed by atoms with van der Waals surface area (Å²) in [5, 5.41) is 14.9. The van der Waals surface area contributed by atoms with E-state index in [9.17, 15) is 22.8 Å². The van der Waals surface area contributed by atoms with Crippen molar-refractivity contribution in [1.29, 1.82) is 0 Å². The molecule has 4 heterocycles. The highest BCUT2D eigenvalue weighted by molar-refractivity contribution is 6.31. The fourth-order valence-electron chi connectivity index (χ4n) is 4.73. The van der Waals surface area contributed by atoms with Crippen LogP contribution in [0.5, 0.6) is 0 Å². The number of rotatable bonds is 7. The number of hydrogen-bond acceptors (Lipinski definition) is 7. The van der Waals surface area contributed by atoms with Gasteiger partial charge in [0, 0.05) is 29.8 Å². The zero-order valence-electron chi connectivity index (χ0n) is 20.9. The van der Waals surface area contributed by atoms with Crippen LogP contribution in [0, 0.1) is 24.6 Å². The normalized spacial score (nSPS) is 17.9. The van der Waals surface area contributed by atoms with E-state index in [1.807, 2.05) is 0 Å². The highest BCUT2D eigenvalue weighted by Crippen LogP contribution is 2.46. The molecule has 1 unspecified atom stereocenters. The molecule has 1 aliphatic carbocycles. The molecule has 6 rings (SSSR count). The topological polar surface area (TPSA) is 119 Å². The summed E-state index contributed by atoms with van der Waals surface area (Å²) in [6, 6.07) is 5.54. The molecule has 10 nitrogen and oxygen atoms in total. The van der Waals surface area contributed by atoms with Gasteiger partial charge in [0.15, 0.2) is 11.6 Å². The maximum Gasteiger partial charge on any atom is 0.276 e. The van der Waals surface area contributed by atoms with Crippen molar-refractivity contribution in [2.24, 2.45) is 11.8 Å². The maximum atomic E-state index is 14.7. The summed E-state index contributed by atoms with van der Waals surface area (Å²) in [6.45, 7) is 2.44. The fourth-order valence-corrected chi connectivity index (χ4v) is 4.88. The van der Waals surface area contributed by atoms with Crippen LogP contribution in [0.25, 0.3) is 11.3 Å². The Morgan fingerprint density at radius 3 is 2.73 bits per heavy atom. The summed E-state index contributed by atoms with van der Waals surface area (Å²) in [4.78, 5) is 35.1. The third kappa shape index (κ3) is 4.76. The van der Waals surface area contributed by atoms with Gasteiger partial charge >= 0.3 is 0 Å². The van der Waals surface area contributed by atoms with Crippen molar-refractivity contribution >= 4 is 34.9 Å². The molecule has 2 amide bonds. The molecular formula is C26H20ClF3N8O2. The van der Waals surface area contributed by atoms with Crippen molar-refractivity contribution in [3.05, 3.63) is 76.3 Å². The Bertz CT molecular complexity index is 1650. The summed E-state index contributed by atoms with van der Waals surface area (Å²) in [5.74, 6) is -0.597. The van der Waals surface area contributed by atoms with Gasteiger partial charge in [0.05, 0.1) is 46.7 Å². The number of nitrogens with one attached hydrogen (secondary N) is 1. The lowest BCUT2D eigenvalue weighted by Gasteiger charge is -2.16. The fraction of sp³-hybridized carbons (Fsp3) is 0.269. The standard InChI is InChI=1S/C26H20ClF3N8O2/c1-12-23(34-19(8-31-12)21-16(24(29)30)3-4-18(27)22(21)28)25(39)33-15-7-32-37(11-15)10-14-2-5-20(36-35-14)38-9-13-6-17(13)26(38)40/h2-5,7-8,11,13,17,24H,6,9-10H2,1H3,(H,33,39)/t13-,17?/m1/s1. The number of aryl methyl sites for hydroxylation is 1. The van der Waals surface area contributed by atoms with Gasteiger partial charge in [-0.25, -0.2) is 18.2 Å². The van der Waals surface area contributed by atoms with Crippen LogP contribution in [-0.4, -0.2) is 48.3 Å². The summed E-state index contributed by atoms with van der Waals surface area (Å²) in [7, 11) is 0. The number of hydrogen-bond donors (Lipinski definition) is 1. The third-order valence-corrected chi connectivity index (χ3v) is 7.20. The zero-order chi connectivity index (χ0) is 28.1. The predicted molar refractivity (Wildman–Crippen MR) is 137 cm³/mol. The Labute approximate surface area is 230 Å². The molecule has 0 radical (unpaired) electrons. The number of carbonyl (C=O) groups excluding carboxylic acids is 2. The van der Waals surface area contributed by atoms with Crippen LogP contribution in [0.1, 0.15) is 40.3 Å². The number of amides is 2. The quantitative estimate of drug-likeness (QED) is 0.350. The number of nitrogens with zero attached hydrogens (tertiary/aromatic N) is 7. The number of benzene rings is 1. The van der Waals surface area contributed by atoms with Crippen molar-refractivity contribution in [3.8, 4) is 11.3 Å². The van der Waals surface area contributed by atoms with E-state index in [4.69, 9.17) is 11.6 Å². The molecule has 2 aliphatic rings. The number of fused-ring (bicyclic) bond motifs is 1. The van der Waals surface area contributed by atoms with Gasteiger partial charge in [-0.05, 0) is 37.5 Å². The molecule has 1 aliphatic heterocycles. The Hall–Kier alpha value is -4.39. The molecule has 0 bridgehead atoms. The minimum atomic E-state index is -3.00. The lowest BCUT2D eigenvalue weighted by atomic mass is 10.0. The van der Waals surface area contributed by atoms with E-state index in [1.165, 1.54) is 17.8 Å². The van der Waals surface area contributed by atoms with Gasteiger partial charge in [-0.1, -0.05) is 17.7 Å². The Morgan fingerprint density at radius 1 is 1.20 bits per heavy atom.